The molecule has 0 aliphatic carbocycles. The van der Waals surface area contributed by atoms with Gasteiger partial charge >= 0.3 is 0 Å². The normalized spacial score (nSPS) is 11.3. The van der Waals surface area contributed by atoms with E-state index in [0.29, 0.717) is 11.3 Å². The molecule has 0 saturated heterocycles. The zero-order valence-corrected chi connectivity index (χ0v) is 18.9. The third-order valence-electron chi connectivity index (χ3n) is 6.70. The van der Waals surface area contributed by atoms with E-state index in [1.165, 1.54) is 0 Å². The fraction of sp³-hybridized carbons (Fsp3) is 0. The summed E-state index contributed by atoms with van der Waals surface area (Å²) in [5.41, 5.74) is 6.51. The number of nitriles is 2. The quantitative estimate of drug-likeness (QED) is 0.298. The molecular formula is C30H16N6. The van der Waals surface area contributed by atoms with Crippen molar-refractivity contribution in [2.45, 2.75) is 0 Å². The van der Waals surface area contributed by atoms with E-state index in [0.717, 1.165) is 55.0 Å². The second-order valence-corrected chi connectivity index (χ2v) is 8.65. The minimum Gasteiger partial charge on any atom is -0.308 e. The lowest BCUT2D eigenvalue weighted by atomic mass is 10.1. The third-order valence-corrected chi connectivity index (χ3v) is 6.70. The topological polar surface area (TPSA) is 83.2 Å². The molecule has 166 valence electrons. The van der Waals surface area contributed by atoms with Gasteiger partial charge in [-0.3, -0.25) is 4.98 Å². The first kappa shape index (κ1) is 20.0. The Hall–Kier alpha value is -5.46. The maximum atomic E-state index is 9.97. The number of hydrogen-bond donors (Lipinski definition) is 0. The van der Waals surface area contributed by atoms with Crippen molar-refractivity contribution < 1.29 is 0 Å². The Bertz CT molecular complexity index is 2030. The predicted molar refractivity (Wildman–Crippen MR) is 140 cm³/mol. The van der Waals surface area contributed by atoms with Crippen LogP contribution in [0.5, 0.6) is 0 Å². The van der Waals surface area contributed by atoms with Gasteiger partial charge in [-0.2, -0.15) is 10.5 Å². The van der Waals surface area contributed by atoms with Crippen LogP contribution >= 0.6 is 0 Å². The van der Waals surface area contributed by atoms with Crippen molar-refractivity contribution in [2.75, 3.05) is 0 Å². The maximum Gasteiger partial charge on any atom is 0.141 e. The van der Waals surface area contributed by atoms with E-state index >= 15 is 0 Å². The summed E-state index contributed by atoms with van der Waals surface area (Å²) in [6, 6.07) is 30.5. The SMILES string of the molecule is N#Cc1cc(-n2c3ccccc3c3ccncc32)cc(-n2c3ccccc3c3cc(C#N)ncc32)c1. The Morgan fingerprint density at radius 2 is 1.19 bits per heavy atom. The van der Waals surface area contributed by atoms with Gasteiger partial charge in [-0.15, -0.1) is 0 Å². The van der Waals surface area contributed by atoms with Crippen molar-refractivity contribution in [1.82, 2.24) is 19.1 Å². The van der Waals surface area contributed by atoms with Crippen LogP contribution in [0.3, 0.4) is 0 Å². The van der Waals surface area contributed by atoms with Gasteiger partial charge in [0.25, 0.3) is 0 Å². The summed E-state index contributed by atoms with van der Waals surface area (Å²) in [5.74, 6) is 0. The molecule has 4 heterocycles. The molecule has 0 unspecified atom stereocenters. The van der Waals surface area contributed by atoms with E-state index in [1.807, 2.05) is 66.9 Å². The lowest BCUT2D eigenvalue weighted by Crippen LogP contribution is -2.00. The van der Waals surface area contributed by atoms with E-state index in [4.69, 9.17) is 0 Å². The van der Waals surface area contributed by atoms with Crippen LogP contribution in [-0.2, 0) is 0 Å². The van der Waals surface area contributed by atoms with Crippen molar-refractivity contribution >= 4 is 43.6 Å². The summed E-state index contributed by atoms with van der Waals surface area (Å²) >= 11 is 0. The van der Waals surface area contributed by atoms with Crippen molar-refractivity contribution in [3.8, 4) is 23.5 Å². The van der Waals surface area contributed by atoms with Crippen LogP contribution in [-0.4, -0.2) is 19.1 Å². The molecule has 0 spiro atoms. The van der Waals surface area contributed by atoms with Crippen LogP contribution in [0.15, 0.2) is 97.5 Å². The van der Waals surface area contributed by atoms with Gasteiger partial charge in [0.2, 0.25) is 0 Å². The minimum atomic E-state index is 0.370. The van der Waals surface area contributed by atoms with E-state index < -0.39 is 0 Å². The molecular weight excluding hydrogens is 444 g/mol. The van der Waals surface area contributed by atoms with E-state index in [-0.39, 0.29) is 0 Å². The Morgan fingerprint density at radius 3 is 1.86 bits per heavy atom. The standard InChI is InChI=1S/C30H16N6/c31-15-19-11-21(35-27-7-3-1-5-23(27)25-9-10-33-17-29(25)35)14-22(12-19)36-28-8-4-2-6-24(28)26-13-20(16-32)34-18-30(26)36/h1-14,17-18H. The highest BCUT2D eigenvalue weighted by molar-refractivity contribution is 6.10. The molecule has 0 bridgehead atoms. The molecule has 7 aromatic rings. The Labute approximate surface area is 205 Å². The Balaban J connectivity index is 1.59. The molecule has 0 radical (unpaired) electrons. The third kappa shape index (κ3) is 2.76. The van der Waals surface area contributed by atoms with Gasteiger partial charge in [0.1, 0.15) is 11.8 Å². The second-order valence-electron chi connectivity index (χ2n) is 8.65. The molecule has 7 rings (SSSR count). The minimum absolute atomic E-state index is 0.370. The highest BCUT2D eigenvalue weighted by atomic mass is 15.0. The zero-order valence-electron chi connectivity index (χ0n) is 18.9. The van der Waals surface area contributed by atoms with Crippen LogP contribution in [0.2, 0.25) is 0 Å². The number of hydrogen-bond acceptors (Lipinski definition) is 4. The Kier molecular flexibility index (Phi) is 4.17. The first-order valence-corrected chi connectivity index (χ1v) is 11.5. The molecule has 36 heavy (non-hydrogen) atoms. The molecule has 4 aromatic heterocycles. The fourth-order valence-electron chi connectivity index (χ4n) is 5.22. The maximum absolute atomic E-state index is 9.97. The van der Waals surface area contributed by atoms with Crippen LogP contribution in [0.1, 0.15) is 11.3 Å². The molecule has 0 fully saturated rings. The van der Waals surface area contributed by atoms with Gasteiger partial charge in [-0.25, -0.2) is 4.98 Å². The highest BCUT2D eigenvalue weighted by Gasteiger charge is 2.17. The number of rotatable bonds is 2. The smallest absolute Gasteiger partial charge is 0.141 e. The van der Waals surface area contributed by atoms with E-state index in [2.05, 4.69) is 49.4 Å². The lowest BCUT2D eigenvalue weighted by molar-refractivity contribution is 1.12. The zero-order chi connectivity index (χ0) is 24.2. The van der Waals surface area contributed by atoms with Gasteiger partial charge in [0.15, 0.2) is 0 Å². The van der Waals surface area contributed by atoms with Crippen LogP contribution in [0.4, 0.5) is 0 Å². The summed E-state index contributed by atoms with van der Waals surface area (Å²) in [6.07, 6.45) is 5.40. The highest BCUT2D eigenvalue weighted by Crippen LogP contribution is 2.35. The van der Waals surface area contributed by atoms with E-state index in [9.17, 15) is 10.5 Å². The largest absolute Gasteiger partial charge is 0.308 e. The lowest BCUT2D eigenvalue weighted by Gasteiger charge is -2.13. The van der Waals surface area contributed by atoms with Crippen molar-refractivity contribution in [3.05, 3.63) is 109 Å². The van der Waals surface area contributed by atoms with Crippen LogP contribution in [0, 0.1) is 22.7 Å². The van der Waals surface area contributed by atoms with Gasteiger partial charge in [-0.05, 0) is 42.5 Å². The van der Waals surface area contributed by atoms with Crippen LogP contribution in [0.25, 0.3) is 55.0 Å². The summed E-state index contributed by atoms with van der Waals surface area (Å²) in [7, 11) is 0. The molecule has 0 N–H and O–H groups in total. The van der Waals surface area contributed by atoms with Gasteiger partial charge in [0.05, 0.1) is 46.1 Å². The molecule has 0 atom stereocenters. The second kappa shape index (κ2) is 7.53. The summed E-state index contributed by atoms with van der Waals surface area (Å²) in [5, 5.41) is 23.6. The summed E-state index contributed by atoms with van der Waals surface area (Å²) < 4.78 is 4.26. The molecule has 0 amide bonds. The summed E-state index contributed by atoms with van der Waals surface area (Å²) in [6.45, 7) is 0. The molecule has 6 nitrogen and oxygen atoms in total. The predicted octanol–water partition coefficient (Wildman–Crippen LogP) is 6.41. The average molecular weight is 461 g/mol. The van der Waals surface area contributed by atoms with Gasteiger partial charge in [-0.1, -0.05) is 36.4 Å². The number of nitrogens with zero attached hydrogens (tertiary/aromatic N) is 6. The molecule has 0 aliphatic heterocycles. The monoisotopic (exact) mass is 460 g/mol. The number of fused-ring (bicyclic) bond motifs is 6. The first-order chi connectivity index (χ1) is 17.8. The van der Waals surface area contributed by atoms with Crippen molar-refractivity contribution in [3.63, 3.8) is 0 Å². The van der Waals surface area contributed by atoms with Crippen molar-refractivity contribution in [1.29, 1.82) is 10.5 Å². The molecule has 0 saturated carbocycles. The van der Waals surface area contributed by atoms with E-state index in [1.54, 1.807) is 12.4 Å². The summed E-state index contributed by atoms with van der Waals surface area (Å²) in [4.78, 5) is 8.72. The number of pyridine rings is 2. The van der Waals surface area contributed by atoms with Gasteiger partial charge < -0.3 is 9.13 Å². The fourth-order valence-corrected chi connectivity index (χ4v) is 5.22. The number of aromatic nitrogens is 4. The number of para-hydroxylation sites is 2. The van der Waals surface area contributed by atoms with Crippen molar-refractivity contribution in [2.24, 2.45) is 0 Å². The molecule has 3 aromatic carbocycles. The first-order valence-electron chi connectivity index (χ1n) is 11.5. The Morgan fingerprint density at radius 1 is 0.583 bits per heavy atom. The van der Waals surface area contributed by atoms with Gasteiger partial charge in [0, 0.05) is 39.1 Å². The molecule has 0 aliphatic rings. The average Bonchev–Trinajstić information content (AvgIpc) is 3.45. The molecule has 6 heteroatoms. The van der Waals surface area contributed by atoms with Crippen LogP contribution < -0.4 is 0 Å². The number of benzene rings is 3.